The second kappa shape index (κ2) is 18.7. The van der Waals surface area contributed by atoms with Crippen LogP contribution in [0.15, 0.2) is 60.7 Å². The van der Waals surface area contributed by atoms with E-state index in [4.69, 9.17) is 17.0 Å². The summed E-state index contributed by atoms with van der Waals surface area (Å²) < 4.78 is 0. The number of benzene rings is 2. The third kappa shape index (κ3) is 12.8. The normalized spacial score (nSPS) is 16.7. The number of halogens is 1. The molecule has 7 nitrogen and oxygen atoms in total. The summed E-state index contributed by atoms with van der Waals surface area (Å²) in [5, 5.41) is 24.3. The average molecular weight is 682 g/mol. The number of hydrogen-bond acceptors (Lipinski definition) is 7. The van der Waals surface area contributed by atoms with Crippen LogP contribution in [0.4, 0.5) is 5.95 Å². The van der Waals surface area contributed by atoms with Crippen LogP contribution in [0.3, 0.4) is 0 Å². The molecule has 0 bridgehead atoms. The molecule has 1 heterocycles. The molecule has 8 heteroatoms. The Bertz CT molecular complexity index is 1650. The molecule has 49 heavy (non-hydrogen) atoms. The van der Waals surface area contributed by atoms with E-state index in [1.54, 1.807) is 32.4 Å². The van der Waals surface area contributed by atoms with Gasteiger partial charge in [0.1, 0.15) is 0 Å². The quantitative estimate of drug-likeness (QED) is 0.0419. The summed E-state index contributed by atoms with van der Waals surface area (Å²) in [6.45, 7) is 8.36. The minimum absolute atomic E-state index is 0.0744. The highest BCUT2D eigenvalue weighted by molar-refractivity contribution is 6.31. The Morgan fingerprint density at radius 2 is 1.82 bits per heavy atom. The van der Waals surface area contributed by atoms with Gasteiger partial charge in [-0.15, -0.1) is 0 Å². The largest absolute Gasteiger partial charge is 0.390 e. The van der Waals surface area contributed by atoms with Crippen LogP contribution in [0.1, 0.15) is 117 Å². The predicted octanol–water partition coefficient (Wildman–Crippen LogP) is 8.85. The van der Waals surface area contributed by atoms with Crippen LogP contribution in [0.25, 0.3) is 0 Å². The number of ketones is 1. The second-order valence-electron chi connectivity index (χ2n) is 14.0. The number of Topliss-reactive ketones (excluding diaryl/α,β-unsaturated/α-hetero) is 1. The van der Waals surface area contributed by atoms with Crippen LogP contribution >= 0.6 is 11.6 Å². The van der Waals surface area contributed by atoms with E-state index in [2.05, 4.69) is 51.5 Å². The number of aliphatic hydroxyl groups is 1. The fraction of sp³-hybridized carbons (Fsp3) is 0.463. The van der Waals surface area contributed by atoms with E-state index in [1.807, 2.05) is 31.2 Å². The number of carbonyl (C=O) groups excluding carboxylic acids is 1. The fourth-order valence-corrected chi connectivity index (χ4v) is 6.49. The van der Waals surface area contributed by atoms with E-state index in [9.17, 15) is 9.90 Å². The van der Waals surface area contributed by atoms with Crippen LogP contribution < -0.4 is 10.6 Å². The van der Waals surface area contributed by atoms with Crippen molar-refractivity contribution in [3.05, 3.63) is 99.1 Å². The maximum Gasteiger partial charge on any atom is 0.227 e. The molecule has 0 saturated heterocycles. The summed E-state index contributed by atoms with van der Waals surface area (Å²) in [5.74, 6) is 8.41. The number of allylic oxidation sites excluding steroid dienone is 1. The molecule has 0 spiro atoms. The van der Waals surface area contributed by atoms with Crippen molar-refractivity contribution in [2.75, 3.05) is 11.9 Å². The molecule has 1 fully saturated rings. The summed E-state index contributed by atoms with van der Waals surface area (Å²) >= 11 is 6.72. The zero-order valence-corrected chi connectivity index (χ0v) is 30.3. The van der Waals surface area contributed by atoms with Crippen molar-refractivity contribution in [1.29, 1.82) is 5.41 Å². The van der Waals surface area contributed by atoms with Crippen LogP contribution in [-0.2, 0) is 12.8 Å². The van der Waals surface area contributed by atoms with Gasteiger partial charge in [0.15, 0.2) is 5.78 Å². The Hall–Kier alpha value is -3.99. The number of aryl methyl sites for hydroxylation is 3. The number of carbonyl (C=O) groups is 1. The number of aromatic nitrogens is 2. The van der Waals surface area contributed by atoms with Crippen molar-refractivity contribution in [2.24, 2.45) is 11.8 Å². The van der Waals surface area contributed by atoms with Gasteiger partial charge in [0.05, 0.1) is 16.9 Å². The van der Waals surface area contributed by atoms with Crippen LogP contribution in [0.2, 0.25) is 5.02 Å². The molecule has 1 aliphatic rings. The third-order valence-corrected chi connectivity index (χ3v) is 9.82. The molecule has 0 amide bonds. The van der Waals surface area contributed by atoms with E-state index in [-0.39, 0.29) is 5.78 Å². The molecule has 1 aromatic heterocycles. The summed E-state index contributed by atoms with van der Waals surface area (Å²) in [6, 6.07) is 12.0. The lowest BCUT2D eigenvalue weighted by Gasteiger charge is -2.16. The molecule has 1 unspecified atom stereocenters. The highest BCUT2D eigenvalue weighted by atomic mass is 35.5. The van der Waals surface area contributed by atoms with Crippen LogP contribution in [0, 0.1) is 36.0 Å². The fourth-order valence-electron chi connectivity index (χ4n) is 6.19. The monoisotopic (exact) mass is 681 g/mol. The summed E-state index contributed by atoms with van der Waals surface area (Å²) in [5.41, 5.74) is 5.06. The van der Waals surface area contributed by atoms with Gasteiger partial charge in [-0.3, -0.25) is 4.79 Å². The van der Waals surface area contributed by atoms with Gasteiger partial charge >= 0.3 is 0 Å². The van der Waals surface area contributed by atoms with E-state index >= 15 is 0 Å². The predicted molar refractivity (Wildman–Crippen MR) is 201 cm³/mol. The number of hydrogen-bond donors (Lipinski definition) is 4. The molecular weight excluding hydrogens is 630 g/mol. The number of anilines is 1. The minimum Gasteiger partial charge on any atom is -0.390 e. The molecule has 1 saturated carbocycles. The first-order valence-corrected chi connectivity index (χ1v) is 18.1. The number of nitrogens with one attached hydrogen (secondary N) is 3. The Kier molecular flexibility index (Phi) is 14.4. The molecule has 2 aromatic carbocycles. The van der Waals surface area contributed by atoms with Gasteiger partial charge in [-0.1, -0.05) is 93.2 Å². The Morgan fingerprint density at radius 1 is 1.06 bits per heavy atom. The molecule has 4 N–H and O–H groups in total. The lowest BCUT2D eigenvalue weighted by molar-refractivity contribution is 0.0721. The minimum atomic E-state index is -0.761. The van der Waals surface area contributed by atoms with Crippen molar-refractivity contribution in [3.8, 4) is 11.8 Å². The van der Waals surface area contributed by atoms with Gasteiger partial charge in [-0.2, -0.15) is 0 Å². The highest BCUT2D eigenvalue weighted by Crippen LogP contribution is 2.32. The van der Waals surface area contributed by atoms with Gasteiger partial charge < -0.3 is 21.1 Å². The van der Waals surface area contributed by atoms with Crippen molar-refractivity contribution in [3.63, 3.8) is 0 Å². The third-order valence-electron chi connectivity index (χ3n) is 9.47. The first-order chi connectivity index (χ1) is 23.5. The Balaban J connectivity index is 1.29. The van der Waals surface area contributed by atoms with Crippen molar-refractivity contribution >= 4 is 29.5 Å². The molecule has 0 aliphatic heterocycles. The van der Waals surface area contributed by atoms with E-state index in [1.165, 1.54) is 50.5 Å². The van der Waals surface area contributed by atoms with Gasteiger partial charge in [0.2, 0.25) is 5.95 Å². The molecule has 4 rings (SSSR count). The Labute approximate surface area is 297 Å². The first kappa shape index (κ1) is 37.8. The lowest BCUT2D eigenvalue weighted by atomic mass is 9.91. The Morgan fingerprint density at radius 3 is 2.53 bits per heavy atom. The maximum absolute atomic E-state index is 13.2. The standard InChI is InChI=1S/C41H52ClN5O2/c1-5-30-7-6-8-31(11-10-30)12-17-34-18-13-32(23-38(34)42)15-20-39(48)36-16-9-29(2)35(24-36)19-14-33-26-45-40(46-27-33)47-37(25-43)28-44-22-21-41(3,4)49/h9,13,16,18,23-28,30-31,43-44,49H,5-8,10-12,15,17,20-22H2,1-4H3,(H,45,46,47)/b37-28+,43-25?/t30-,31?/m0/s1. The molecule has 0 radical (unpaired) electrons. The highest BCUT2D eigenvalue weighted by Gasteiger charge is 2.18. The summed E-state index contributed by atoms with van der Waals surface area (Å²) in [7, 11) is 0. The molecule has 3 aromatic rings. The summed E-state index contributed by atoms with van der Waals surface area (Å²) in [6.07, 6.45) is 18.0. The van der Waals surface area contributed by atoms with E-state index < -0.39 is 5.60 Å². The van der Waals surface area contributed by atoms with Crippen molar-refractivity contribution in [2.45, 2.75) is 104 Å². The van der Waals surface area contributed by atoms with E-state index in [0.29, 0.717) is 48.6 Å². The van der Waals surface area contributed by atoms with Crippen LogP contribution in [-0.4, -0.2) is 39.2 Å². The molecule has 2 atom stereocenters. The van der Waals surface area contributed by atoms with Crippen molar-refractivity contribution < 1.29 is 9.90 Å². The van der Waals surface area contributed by atoms with E-state index in [0.717, 1.165) is 46.2 Å². The number of nitrogens with zero attached hydrogens (tertiary/aromatic N) is 2. The first-order valence-electron chi connectivity index (χ1n) is 17.7. The smallest absolute Gasteiger partial charge is 0.227 e. The van der Waals surface area contributed by atoms with Gasteiger partial charge in [0, 0.05) is 53.9 Å². The number of rotatable bonds is 15. The van der Waals surface area contributed by atoms with Crippen molar-refractivity contribution in [1.82, 2.24) is 15.3 Å². The molecule has 260 valence electrons. The zero-order chi connectivity index (χ0) is 35.2. The SMILES string of the molecule is CC[C@H]1CCCC(CCc2ccc(CCC(=O)c3ccc(C)c(C#Cc4cnc(N/C(C=N)=C/NCCC(C)(C)O)nc4)c3)cc2Cl)CC1. The maximum atomic E-state index is 13.2. The van der Waals surface area contributed by atoms with Crippen LogP contribution in [0.5, 0.6) is 0 Å². The molecular formula is C41H52ClN5O2. The lowest BCUT2D eigenvalue weighted by Crippen LogP contribution is -2.25. The topological polar surface area (TPSA) is 111 Å². The van der Waals surface area contributed by atoms with Gasteiger partial charge in [0.25, 0.3) is 0 Å². The zero-order valence-electron chi connectivity index (χ0n) is 29.5. The van der Waals surface area contributed by atoms with Gasteiger partial charge in [-0.25, -0.2) is 9.97 Å². The average Bonchev–Trinajstić information content (AvgIpc) is 3.33. The second-order valence-corrected chi connectivity index (χ2v) is 14.4. The summed E-state index contributed by atoms with van der Waals surface area (Å²) in [4.78, 5) is 21.8. The molecule has 1 aliphatic carbocycles. The van der Waals surface area contributed by atoms with Gasteiger partial charge in [-0.05, 0) is 87.1 Å².